The molecule has 0 aromatic heterocycles. The minimum absolute atomic E-state index is 0.231. The Labute approximate surface area is 129 Å². The number of nitrogens with one attached hydrogen (secondary N) is 1. The third kappa shape index (κ3) is 4.80. The van der Waals surface area contributed by atoms with Crippen LogP contribution in [-0.4, -0.2) is 18.2 Å². The molecule has 20 heavy (non-hydrogen) atoms. The summed E-state index contributed by atoms with van der Waals surface area (Å²) in [5.74, 6) is 0. The Kier molecular flexibility index (Phi) is 5.21. The lowest BCUT2D eigenvalue weighted by molar-refractivity contribution is 0.0635. The van der Waals surface area contributed by atoms with Crippen LogP contribution in [0.1, 0.15) is 40.2 Å². The van der Waals surface area contributed by atoms with Gasteiger partial charge in [-0.1, -0.05) is 35.8 Å². The molecule has 0 fully saturated rings. The van der Waals surface area contributed by atoms with Gasteiger partial charge in [-0.15, -0.1) is 0 Å². The number of carbonyl (C=O) groups is 1. The average Bonchev–Trinajstić information content (AvgIpc) is 2.25. The molecule has 112 valence electrons. The van der Waals surface area contributed by atoms with E-state index in [1.807, 2.05) is 52.8 Å². The summed E-state index contributed by atoms with van der Waals surface area (Å²) in [5, 5.41) is 2.80. The molecule has 1 aromatic rings. The van der Waals surface area contributed by atoms with Crippen LogP contribution in [0.2, 0.25) is 0 Å². The highest BCUT2D eigenvalue weighted by Gasteiger charge is 2.24. The number of ether oxygens (including phenoxy) is 1. The maximum Gasteiger partial charge on any atom is 0.412 e. The molecule has 3 N–H and O–H groups in total. The number of rotatable bonds is 3. The Balaban J connectivity index is 3.05. The molecule has 0 unspecified atom stereocenters. The van der Waals surface area contributed by atoms with E-state index in [1.54, 1.807) is 0 Å². The Hall–Kier alpha value is -1.07. The molecule has 4 nitrogen and oxygen atoms in total. The van der Waals surface area contributed by atoms with Gasteiger partial charge in [0.15, 0.2) is 0 Å². The number of halogens is 1. The molecule has 0 aliphatic rings. The third-order valence-electron chi connectivity index (χ3n) is 2.86. The Morgan fingerprint density at radius 2 is 1.90 bits per heavy atom. The summed E-state index contributed by atoms with van der Waals surface area (Å²) >= 11 is 3.41. The number of anilines is 1. The molecule has 5 heteroatoms. The van der Waals surface area contributed by atoms with Crippen molar-refractivity contribution in [2.75, 3.05) is 11.9 Å². The van der Waals surface area contributed by atoms with E-state index in [4.69, 9.17) is 10.5 Å². The van der Waals surface area contributed by atoms with E-state index in [9.17, 15) is 4.79 Å². The van der Waals surface area contributed by atoms with E-state index < -0.39 is 11.7 Å². The molecule has 0 aliphatic heterocycles. The molecule has 0 bridgehead atoms. The van der Waals surface area contributed by atoms with Crippen molar-refractivity contribution in [3.8, 4) is 0 Å². The molecule has 1 rings (SSSR count). The SMILES string of the molecule is CC(C)(C)OC(=O)Nc1cc(Br)ccc1C(C)(C)CN. The molecule has 0 saturated heterocycles. The molecular formula is C15H23BrN2O2. The van der Waals surface area contributed by atoms with Gasteiger partial charge in [-0.2, -0.15) is 0 Å². The quantitative estimate of drug-likeness (QED) is 0.871. The Morgan fingerprint density at radius 3 is 2.40 bits per heavy atom. The first-order valence-electron chi connectivity index (χ1n) is 6.55. The van der Waals surface area contributed by atoms with Crippen LogP contribution in [0, 0.1) is 0 Å². The van der Waals surface area contributed by atoms with Gasteiger partial charge in [-0.3, -0.25) is 5.32 Å². The molecular weight excluding hydrogens is 320 g/mol. The standard InChI is InChI=1S/C15H23BrN2O2/c1-14(2,3)20-13(19)18-12-8-10(16)6-7-11(12)15(4,5)9-17/h6-8H,9,17H2,1-5H3,(H,18,19). The number of benzene rings is 1. The van der Waals surface area contributed by atoms with Crippen LogP contribution in [0.5, 0.6) is 0 Å². The van der Waals surface area contributed by atoms with Crippen molar-refractivity contribution in [2.24, 2.45) is 5.73 Å². The number of amides is 1. The highest BCUT2D eigenvalue weighted by molar-refractivity contribution is 9.10. The van der Waals surface area contributed by atoms with Gasteiger partial charge in [0.2, 0.25) is 0 Å². The fourth-order valence-electron chi connectivity index (χ4n) is 1.73. The van der Waals surface area contributed by atoms with E-state index in [2.05, 4.69) is 21.2 Å². The summed E-state index contributed by atoms with van der Waals surface area (Å²) in [4.78, 5) is 11.9. The summed E-state index contributed by atoms with van der Waals surface area (Å²) in [5.41, 5.74) is 6.76. The monoisotopic (exact) mass is 342 g/mol. The summed E-state index contributed by atoms with van der Waals surface area (Å²) in [6.07, 6.45) is -0.468. The van der Waals surface area contributed by atoms with E-state index in [0.29, 0.717) is 12.2 Å². The Bertz CT molecular complexity index is 493. The van der Waals surface area contributed by atoms with Crippen molar-refractivity contribution >= 4 is 27.7 Å². The normalized spacial score (nSPS) is 12.2. The van der Waals surface area contributed by atoms with Gasteiger partial charge in [0, 0.05) is 22.1 Å². The summed E-state index contributed by atoms with van der Waals surface area (Å²) in [7, 11) is 0. The largest absolute Gasteiger partial charge is 0.444 e. The number of hydrogen-bond donors (Lipinski definition) is 2. The van der Waals surface area contributed by atoms with Crippen LogP contribution in [0.15, 0.2) is 22.7 Å². The predicted molar refractivity (Wildman–Crippen MR) is 86.1 cm³/mol. The van der Waals surface area contributed by atoms with Crippen LogP contribution >= 0.6 is 15.9 Å². The molecule has 0 saturated carbocycles. The molecule has 0 aliphatic carbocycles. The number of nitrogens with two attached hydrogens (primary N) is 1. The van der Waals surface area contributed by atoms with Crippen LogP contribution in [0.4, 0.5) is 10.5 Å². The molecule has 0 heterocycles. The van der Waals surface area contributed by atoms with Gasteiger partial charge in [-0.25, -0.2) is 4.79 Å². The average molecular weight is 343 g/mol. The van der Waals surface area contributed by atoms with E-state index in [1.165, 1.54) is 0 Å². The van der Waals surface area contributed by atoms with Gasteiger partial charge in [-0.05, 0) is 38.5 Å². The molecule has 1 amide bonds. The molecule has 0 radical (unpaired) electrons. The number of hydrogen-bond acceptors (Lipinski definition) is 3. The minimum atomic E-state index is -0.528. The zero-order valence-corrected chi connectivity index (χ0v) is 14.3. The fourth-order valence-corrected chi connectivity index (χ4v) is 2.09. The zero-order chi connectivity index (χ0) is 15.6. The van der Waals surface area contributed by atoms with Crippen molar-refractivity contribution in [3.63, 3.8) is 0 Å². The topological polar surface area (TPSA) is 64.3 Å². The highest BCUT2D eigenvalue weighted by atomic mass is 79.9. The molecule has 1 aromatic carbocycles. The second-order valence-electron chi connectivity index (χ2n) is 6.40. The van der Waals surface area contributed by atoms with E-state index in [-0.39, 0.29) is 5.41 Å². The fraction of sp³-hybridized carbons (Fsp3) is 0.533. The van der Waals surface area contributed by atoms with Crippen molar-refractivity contribution in [2.45, 2.75) is 45.6 Å². The summed E-state index contributed by atoms with van der Waals surface area (Å²) in [6.45, 7) is 10.1. The van der Waals surface area contributed by atoms with Crippen LogP contribution < -0.4 is 11.1 Å². The van der Waals surface area contributed by atoms with Crippen molar-refractivity contribution in [3.05, 3.63) is 28.2 Å². The van der Waals surface area contributed by atoms with Gasteiger partial charge in [0.05, 0.1) is 0 Å². The molecule has 0 atom stereocenters. The lowest BCUT2D eigenvalue weighted by atomic mass is 9.83. The first kappa shape index (κ1) is 17.0. The first-order valence-corrected chi connectivity index (χ1v) is 7.34. The van der Waals surface area contributed by atoms with Crippen molar-refractivity contribution < 1.29 is 9.53 Å². The second-order valence-corrected chi connectivity index (χ2v) is 7.32. The van der Waals surface area contributed by atoms with Gasteiger partial charge >= 0.3 is 6.09 Å². The van der Waals surface area contributed by atoms with Crippen LogP contribution in [-0.2, 0) is 10.2 Å². The van der Waals surface area contributed by atoms with Gasteiger partial charge < -0.3 is 10.5 Å². The van der Waals surface area contributed by atoms with E-state index in [0.717, 1.165) is 10.0 Å². The summed E-state index contributed by atoms with van der Waals surface area (Å²) < 4.78 is 6.18. The van der Waals surface area contributed by atoms with Crippen molar-refractivity contribution in [1.82, 2.24) is 0 Å². The van der Waals surface area contributed by atoms with Crippen molar-refractivity contribution in [1.29, 1.82) is 0 Å². The highest BCUT2D eigenvalue weighted by Crippen LogP contribution is 2.32. The lowest BCUT2D eigenvalue weighted by Crippen LogP contribution is -2.31. The van der Waals surface area contributed by atoms with Crippen LogP contribution in [0.3, 0.4) is 0 Å². The summed E-state index contributed by atoms with van der Waals surface area (Å²) in [6, 6.07) is 5.76. The zero-order valence-electron chi connectivity index (χ0n) is 12.7. The number of carbonyl (C=O) groups excluding carboxylic acids is 1. The minimum Gasteiger partial charge on any atom is -0.444 e. The van der Waals surface area contributed by atoms with E-state index >= 15 is 0 Å². The third-order valence-corrected chi connectivity index (χ3v) is 3.35. The molecule has 0 spiro atoms. The Morgan fingerprint density at radius 1 is 1.30 bits per heavy atom. The second kappa shape index (κ2) is 6.14. The van der Waals surface area contributed by atoms with Crippen LogP contribution in [0.25, 0.3) is 0 Å². The maximum atomic E-state index is 11.9. The maximum absolute atomic E-state index is 11.9. The first-order chi connectivity index (χ1) is 9.05. The van der Waals surface area contributed by atoms with Gasteiger partial charge in [0.1, 0.15) is 5.60 Å². The lowest BCUT2D eigenvalue weighted by Gasteiger charge is -2.27. The van der Waals surface area contributed by atoms with Gasteiger partial charge in [0.25, 0.3) is 0 Å². The smallest absolute Gasteiger partial charge is 0.412 e. The predicted octanol–water partition coefficient (Wildman–Crippen LogP) is 4.03.